The summed E-state index contributed by atoms with van der Waals surface area (Å²) in [5, 5.41) is 1.19. The molecule has 112 valence electrons. The first-order valence-corrected chi connectivity index (χ1v) is 7.11. The molecule has 0 radical (unpaired) electrons. The van der Waals surface area contributed by atoms with Gasteiger partial charge >= 0.3 is 5.97 Å². The number of hydrogen-bond acceptors (Lipinski definition) is 4. The Hall–Kier alpha value is -1.85. The molecule has 1 aromatic heterocycles. The van der Waals surface area contributed by atoms with E-state index in [1.165, 1.54) is 29.1 Å². The number of nitrogens with two attached hydrogens (primary N) is 1. The number of aryl methyl sites for hydroxylation is 1. The topological polar surface area (TPSA) is 60.5 Å². The van der Waals surface area contributed by atoms with Gasteiger partial charge in [0.05, 0.1) is 7.11 Å². The Labute approximate surface area is 124 Å². The molecule has 21 heavy (non-hydrogen) atoms. The highest BCUT2D eigenvalue weighted by atomic mass is 16.5. The van der Waals surface area contributed by atoms with Crippen molar-refractivity contribution in [2.75, 3.05) is 14.2 Å². The zero-order chi connectivity index (χ0) is 15.1. The molecule has 3 rings (SSSR count). The SMILES string of the molecule is COC(=O)C(N)Cc1cn(C)c2cc3c(cc12)CN(C)C3. The number of esters is 1. The fourth-order valence-corrected chi connectivity index (χ4v) is 3.16. The predicted molar refractivity (Wildman–Crippen MR) is 81.8 cm³/mol. The molecular formula is C16H21N3O2. The number of carbonyl (C=O) groups is 1. The molecule has 5 nitrogen and oxygen atoms in total. The average Bonchev–Trinajstić information content (AvgIpc) is 2.95. The summed E-state index contributed by atoms with van der Waals surface area (Å²) in [4.78, 5) is 13.8. The number of fused-ring (bicyclic) bond motifs is 2. The quantitative estimate of drug-likeness (QED) is 0.861. The molecule has 0 aliphatic carbocycles. The summed E-state index contributed by atoms with van der Waals surface area (Å²) < 4.78 is 6.82. The van der Waals surface area contributed by atoms with Crippen LogP contribution in [0.1, 0.15) is 16.7 Å². The molecule has 1 aliphatic heterocycles. The standard InChI is InChI=1S/C16H21N3O2/c1-18-7-10-4-13-12(5-14(17)16(20)21-3)9-19(2)15(13)6-11(10)8-18/h4,6,9,14H,5,7-8,17H2,1-3H3. The first-order chi connectivity index (χ1) is 9.99. The molecule has 1 aromatic carbocycles. The van der Waals surface area contributed by atoms with Gasteiger partial charge in [-0.25, -0.2) is 0 Å². The van der Waals surface area contributed by atoms with Crippen molar-refractivity contribution in [3.63, 3.8) is 0 Å². The molecule has 1 unspecified atom stereocenters. The van der Waals surface area contributed by atoms with E-state index in [0.29, 0.717) is 6.42 Å². The molecule has 2 heterocycles. The Balaban J connectivity index is 2.01. The van der Waals surface area contributed by atoms with E-state index in [2.05, 4.69) is 34.8 Å². The number of aromatic nitrogens is 1. The Kier molecular flexibility index (Phi) is 3.47. The lowest BCUT2D eigenvalue weighted by Crippen LogP contribution is -2.33. The maximum Gasteiger partial charge on any atom is 0.322 e. The Morgan fingerprint density at radius 1 is 1.33 bits per heavy atom. The summed E-state index contributed by atoms with van der Waals surface area (Å²) in [6, 6.07) is 3.88. The third kappa shape index (κ3) is 2.43. The van der Waals surface area contributed by atoms with E-state index < -0.39 is 6.04 Å². The molecule has 2 aromatic rings. The van der Waals surface area contributed by atoms with Gasteiger partial charge in [-0.1, -0.05) is 0 Å². The van der Waals surface area contributed by atoms with Crippen molar-refractivity contribution >= 4 is 16.9 Å². The Morgan fingerprint density at radius 2 is 2.00 bits per heavy atom. The number of carbonyl (C=O) groups excluding carboxylic acids is 1. The summed E-state index contributed by atoms with van der Waals surface area (Å²) in [5.41, 5.74) is 10.9. The average molecular weight is 287 g/mol. The van der Waals surface area contributed by atoms with Gasteiger partial charge in [-0.3, -0.25) is 9.69 Å². The van der Waals surface area contributed by atoms with E-state index in [1.807, 2.05) is 7.05 Å². The number of rotatable bonds is 3. The molecule has 0 saturated heterocycles. The van der Waals surface area contributed by atoms with Gasteiger partial charge in [-0.15, -0.1) is 0 Å². The molecule has 0 fully saturated rings. The fraction of sp³-hybridized carbons (Fsp3) is 0.438. The second-order valence-electron chi connectivity index (χ2n) is 5.91. The molecule has 1 aliphatic rings. The van der Waals surface area contributed by atoms with E-state index in [0.717, 1.165) is 18.7 Å². The van der Waals surface area contributed by atoms with Crippen LogP contribution in [0.4, 0.5) is 0 Å². The molecule has 2 N–H and O–H groups in total. The van der Waals surface area contributed by atoms with E-state index in [1.54, 1.807) is 0 Å². The zero-order valence-electron chi connectivity index (χ0n) is 12.7. The lowest BCUT2D eigenvalue weighted by molar-refractivity contribution is -0.142. The predicted octanol–water partition coefficient (Wildman–Crippen LogP) is 1.17. The fourth-order valence-electron chi connectivity index (χ4n) is 3.16. The van der Waals surface area contributed by atoms with Crippen molar-refractivity contribution in [2.24, 2.45) is 12.8 Å². The monoisotopic (exact) mass is 287 g/mol. The van der Waals surface area contributed by atoms with Crippen molar-refractivity contribution in [3.8, 4) is 0 Å². The van der Waals surface area contributed by atoms with Crippen LogP contribution >= 0.6 is 0 Å². The van der Waals surface area contributed by atoms with E-state index in [-0.39, 0.29) is 5.97 Å². The van der Waals surface area contributed by atoms with Crippen LogP contribution in [0.25, 0.3) is 10.9 Å². The third-order valence-electron chi connectivity index (χ3n) is 4.22. The zero-order valence-corrected chi connectivity index (χ0v) is 12.7. The number of benzene rings is 1. The molecule has 0 bridgehead atoms. The van der Waals surface area contributed by atoms with Crippen molar-refractivity contribution in [1.82, 2.24) is 9.47 Å². The van der Waals surface area contributed by atoms with Gasteiger partial charge < -0.3 is 15.0 Å². The van der Waals surface area contributed by atoms with Crippen molar-refractivity contribution < 1.29 is 9.53 Å². The molecule has 0 spiro atoms. The largest absolute Gasteiger partial charge is 0.468 e. The number of nitrogens with zero attached hydrogens (tertiary/aromatic N) is 2. The van der Waals surface area contributed by atoms with E-state index >= 15 is 0 Å². The summed E-state index contributed by atoms with van der Waals surface area (Å²) in [5.74, 6) is -0.368. The molecule has 0 saturated carbocycles. The van der Waals surface area contributed by atoms with Crippen molar-refractivity contribution in [3.05, 3.63) is 35.0 Å². The van der Waals surface area contributed by atoms with Gasteiger partial charge in [0.25, 0.3) is 0 Å². The first kappa shape index (κ1) is 14.1. The Morgan fingerprint density at radius 3 is 2.67 bits per heavy atom. The van der Waals surface area contributed by atoms with Crippen molar-refractivity contribution in [1.29, 1.82) is 0 Å². The number of methoxy groups -OCH3 is 1. The second-order valence-corrected chi connectivity index (χ2v) is 5.91. The highest BCUT2D eigenvalue weighted by Gasteiger charge is 2.21. The van der Waals surface area contributed by atoms with Crippen LogP contribution in [0.15, 0.2) is 18.3 Å². The van der Waals surface area contributed by atoms with E-state index in [9.17, 15) is 4.79 Å². The van der Waals surface area contributed by atoms with Crippen LogP contribution in [0, 0.1) is 0 Å². The normalized spacial score (nSPS) is 16.2. The van der Waals surface area contributed by atoms with Crippen LogP contribution in [-0.4, -0.2) is 35.6 Å². The van der Waals surface area contributed by atoms with Crippen LogP contribution < -0.4 is 5.73 Å². The van der Waals surface area contributed by atoms with Gasteiger partial charge in [-0.2, -0.15) is 0 Å². The molecule has 5 heteroatoms. The Bertz CT molecular complexity index is 705. The minimum atomic E-state index is -0.614. The summed E-state index contributed by atoms with van der Waals surface area (Å²) >= 11 is 0. The summed E-state index contributed by atoms with van der Waals surface area (Å²) in [6.45, 7) is 1.97. The lowest BCUT2D eigenvalue weighted by atomic mass is 10.0. The van der Waals surface area contributed by atoms with Crippen LogP contribution in [-0.2, 0) is 36.1 Å². The minimum Gasteiger partial charge on any atom is -0.468 e. The molecule has 1 atom stereocenters. The van der Waals surface area contributed by atoms with Crippen LogP contribution in [0.2, 0.25) is 0 Å². The maximum atomic E-state index is 11.5. The van der Waals surface area contributed by atoms with Crippen molar-refractivity contribution in [2.45, 2.75) is 25.6 Å². The van der Waals surface area contributed by atoms with Gasteiger partial charge in [0.15, 0.2) is 0 Å². The van der Waals surface area contributed by atoms with Gasteiger partial charge in [0, 0.05) is 43.7 Å². The minimum absolute atomic E-state index is 0.368. The smallest absolute Gasteiger partial charge is 0.322 e. The lowest BCUT2D eigenvalue weighted by Gasteiger charge is -2.08. The second kappa shape index (κ2) is 5.16. The van der Waals surface area contributed by atoms with Crippen LogP contribution in [0.5, 0.6) is 0 Å². The summed E-state index contributed by atoms with van der Waals surface area (Å²) in [7, 11) is 5.52. The first-order valence-electron chi connectivity index (χ1n) is 7.11. The van der Waals surface area contributed by atoms with Crippen LogP contribution in [0.3, 0.4) is 0 Å². The van der Waals surface area contributed by atoms with Gasteiger partial charge in [0.2, 0.25) is 0 Å². The number of hydrogen-bond donors (Lipinski definition) is 1. The molecular weight excluding hydrogens is 266 g/mol. The number of ether oxygens (including phenoxy) is 1. The van der Waals surface area contributed by atoms with E-state index in [4.69, 9.17) is 10.5 Å². The highest BCUT2D eigenvalue weighted by Crippen LogP contribution is 2.30. The highest BCUT2D eigenvalue weighted by molar-refractivity contribution is 5.87. The maximum absolute atomic E-state index is 11.5. The summed E-state index contributed by atoms with van der Waals surface area (Å²) in [6.07, 6.45) is 2.56. The van der Waals surface area contributed by atoms with Gasteiger partial charge in [-0.05, 0) is 35.9 Å². The third-order valence-corrected chi connectivity index (χ3v) is 4.22. The van der Waals surface area contributed by atoms with Gasteiger partial charge in [0.1, 0.15) is 6.04 Å². The molecule has 0 amide bonds.